The molecule has 3 amide bonds. The van der Waals surface area contributed by atoms with E-state index >= 15 is 0 Å². The van der Waals surface area contributed by atoms with Crippen molar-refractivity contribution < 1.29 is 14.3 Å². The van der Waals surface area contributed by atoms with Gasteiger partial charge in [0.05, 0.1) is 12.3 Å². The molecule has 2 rings (SSSR count). The maximum absolute atomic E-state index is 11.6. The fourth-order valence-electron chi connectivity index (χ4n) is 2.25. The van der Waals surface area contributed by atoms with E-state index in [-0.39, 0.29) is 4.88 Å². The summed E-state index contributed by atoms with van der Waals surface area (Å²) in [6.45, 7) is 1.57. The molecule has 7 nitrogen and oxygen atoms in total. The van der Waals surface area contributed by atoms with Gasteiger partial charge in [0.2, 0.25) is 0 Å². The van der Waals surface area contributed by atoms with Crippen LogP contribution >= 0.6 is 11.3 Å². The van der Waals surface area contributed by atoms with E-state index in [0.29, 0.717) is 12.3 Å². The van der Waals surface area contributed by atoms with Gasteiger partial charge in [0, 0.05) is 11.4 Å². The highest BCUT2D eigenvalue weighted by Gasteiger charge is 2.16. The second-order valence-corrected chi connectivity index (χ2v) is 6.79. The molecule has 0 saturated carbocycles. The lowest BCUT2D eigenvalue weighted by atomic mass is 10.1. The topological polar surface area (TPSA) is 111 Å². The summed E-state index contributed by atoms with van der Waals surface area (Å²) in [5.41, 5.74) is 11.7. The van der Waals surface area contributed by atoms with Gasteiger partial charge in [0.25, 0.3) is 5.91 Å². The first kappa shape index (κ1) is 18.8. The third kappa shape index (κ3) is 5.47. The zero-order valence-corrected chi connectivity index (χ0v) is 15.1. The molecular weight excluding hydrogens is 340 g/mol. The minimum absolute atomic E-state index is 0.256. The fourth-order valence-corrected chi connectivity index (χ4v) is 3.21. The second-order valence-electron chi connectivity index (χ2n) is 5.74. The highest BCUT2D eigenvalue weighted by Crippen LogP contribution is 2.35. The Bertz CT molecular complexity index is 758. The van der Waals surface area contributed by atoms with E-state index in [1.165, 1.54) is 11.3 Å². The van der Waals surface area contributed by atoms with Gasteiger partial charge >= 0.3 is 6.03 Å². The molecule has 0 saturated heterocycles. The summed E-state index contributed by atoms with van der Waals surface area (Å²) >= 11 is 1.20. The number of hydrogen-bond donors (Lipinski definition) is 3. The van der Waals surface area contributed by atoms with Crippen LogP contribution in [0.1, 0.15) is 16.1 Å². The van der Waals surface area contributed by atoms with Crippen LogP contribution in [0.25, 0.3) is 10.4 Å². The van der Waals surface area contributed by atoms with Gasteiger partial charge in [-0.15, -0.1) is 11.3 Å². The van der Waals surface area contributed by atoms with Crippen molar-refractivity contribution in [3.05, 3.63) is 35.2 Å². The summed E-state index contributed by atoms with van der Waals surface area (Å²) in [6.07, 6.45) is 0.925. The van der Waals surface area contributed by atoms with Crippen LogP contribution in [0.5, 0.6) is 5.75 Å². The Hall–Kier alpha value is -2.58. The van der Waals surface area contributed by atoms with E-state index in [9.17, 15) is 9.59 Å². The summed E-state index contributed by atoms with van der Waals surface area (Å²) in [7, 11) is 4.04. The Labute approximate surface area is 150 Å². The van der Waals surface area contributed by atoms with Gasteiger partial charge in [-0.25, -0.2) is 4.79 Å². The largest absolute Gasteiger partial charge is 0.494 e. The third-order valence-electron chi connectivity index (χ3n) is 3.35. The summed E-state index contributed by atoms with van der Waals surface area (Å²) < 4.78 is 5.76. The summed E-state index contributed by atoms with van der Waals surface area (Å²) in [5, 5.41) is 2.42. The van der Waals surface area contributed by atoms with E-state index in [4.69, 9.17) is 16.2 Å². The van der Waals surface area contributed by atoms with Gasteiger partial charge in [-0.05, 0) is 44.3 Å². The van der Waals surface area contributed by atoms with Crippen molar-refractivity contribution in [1.29, 1.82) is 0 Å². The van der Waals surface area contributed by atoms with Crippen molar-refractivity contribution in [2.24, 2.45) is 11.5 Å². The van der Waals surface area contributed by atoms with Gasteiger partial charge < -0.3 is 26.4 Å². The maximum atomic E-state index is 11.6. The number of amides is 3. The van der Waals surface area contributed by atoms with Crippen LogP contribution in [-0.4, -0.2) is 44.1 Å². The van der Waals surface area contributed by atoms with Crippen LogP contribution in [0.4, 0.5) is 10.5 Å². The van der Waals surface area contributed by atoms with Crippen molar-refractivity contribution in [2.75, 3.05) is 32.6 Å². The molecular formula is C17H22N4O3S. The normalized spacial score (nSPS) is 10.7. The first-order valence-corrected chi connectivity index (χ1v) is 8.56. The molecule has 0 fully saturated rings. The lowest BCUT2D eigenvalue weighted by molar-refractivity contribution is 0.100. The number of hydrogen-bond acceptors (Lipinski definition) is 5. The molecule has 0 radical (unpaired) electrons. The van der Waals surface area contributed by atoms with E-state index in [1.54, 1.807) is 6.07 Å². The molecule has 134 valence electrons. The molecule has 1 aromatic heterocycles. The minimum Gasteiger partial charge on any atom is -0.494 e. The van der Waals surface area contributed by atoms with Crippen molar-refractivity contribution >= 4 is 29.0 Å². The van der Waals surface area contributed by atoms with Crippen LogP contribution < -0.4 is 21.5 Å². The number of carbonyl (C=O) groups excluding carboxylic acids is 2. The number of carbonyl (C=O) groups is 2. The predicted molar refractivity (Wildman–Crippen MR) is 100 cm³/mol. The summed E-state index contributed by atoms with van der Waals surface area (Å²) in [5.74, 6) is 0.130. The highest BCUT2D eigenvalue weighted by atomic mass is 32.1. The Kier molecular flexibility index (Phi) is 6.37. The zero-order chi connectivity index (χ0) is 18.4. The van der Waals surface area contributed by atoms with Crippen LogP contribution in [0.15, 0.2) is 30.3 Å². The number of nitrogens with one attached hydrogen (secondary N) is 1. The van der Waals surface area contributed by atoms with Gasteiger partial charge in [0.15, 0.2) is 0 Å². The molecule has 5 N–H and O–H groups in total. The number of thiophene rings is 1. The molecule has 0 bridgehead atoms. The fraction of sp³-hybridized carbons (Fsp3) is 0.294. The Morgan fingerprint density at radius 3 is 2.64 bits per heavy atom. The average molecular weight is 362 g/mol. The first-order valence-electron chi connectivity index (χ1n) is 7.75. The molecule has 0 aliphatic rings. The zero-order valence-electron chi connectivity index (χ0n) is 14.2. The Balaban J connectivity index is 2.17. The lowest BCUT2D eigenvalue weighted by Gasteiger charge is -2.10. The first-order chi connectivity index (χ1) is 11.9. The number of anilines is 1. The molecule has 0 unspecified atom stereocenters. The highest BCUT2D eigenvalue weighted by molar-refractivity contribution is 7.18. The summed E-state index contributed by atoms with van der Waals surface area (Å²) in [4.78, 5) is 25.8. The molecule has 0 aliphatic heterocycles. The van der Waals surface area contributed by atoms with Crippen molar-refractivity contribution in [3.63, 3.8) is 0 Å². The van der Waals surface area contributed by atoms with Crippen molar-refractivity contribution in [3.8, 4) is 16.2 Å². The smallest absolute Gasteiger partial charge is 0.316 e. The molecule has 1 aromatic carbocycles. The SMILES string of the molecule is CN(C)CCCOc1cccc(-c2cc(NC(N)=O)c(C(N)=O)s2)c1. The standard InChI is InChI=1S/C17H22N4O3S/c1-21(2)7-4-8-24-12-6-3-5-11(9-12)14-10-13(20-17(19)23)15(25-14)16(18)22/h3,5-6,9-10H,4,7-8H2,1-2H3,(H2,18,22)(H3,19,20,23). The van der Waals surface area contributed by atoms with Gasteiger partial charge in [0.1, 0.15) is 10.6 Å². The predicted octanol–water partition coefficient (Wildman–Crippen LogP) is 2.34. The molecule has 2 aromatic rings. The van der Waals surface area contributed by atoms with E-state index < -0.39 is 11.9 Å². The molecule has 0 spiro atoms. The number of nitrogens with zero attached hydrogens (tertiary/aromatic N) is 1. The van der Waals surface area contributed by atoms with Crippen LogP contribution in [-0.2, 0) is 0 Å². The number of benzene rings is 1. The van der Waals surface area contributed by atoms with E-state index in [0.717, 1.165) is 29.2 Å². The van der Waals surface area contributed by atoms with Crippen LogP contribution in [0.2, 0.25) is 0 Å². The maximum Gasteiger partial charge on any atom is 0.316 e. The summed E-state index contributed by atoms with van der Waals surface area (Å²) in [6, 6.07) is 8.48. The molecule has 8 heteroatoms. The molecule has 25 heavy (non-hydrogen) atoms. The number of urea groups is 1. The second kappa shape index (κ2) is 8.50. The molecule has 1 heterocycles. The van der Waals surface area contributed by atoms with Gasteiger partial charge in [-0.3, -0.25) is 4.79 Å². The average Bonchev–Trinajstić information content (AvgIpc) is 2.95. The number of rotatable bonds is 8. The third-order valence-corrected chi connectivity index (χ3v) is 4.55. The Morgan fingerprint density at radius 2 is 2.00 bits per heavy atom. The van der Waals surface area contributed by atoms with E-state index in [1.807, 2.05) is 38.4 Å². The number of ether oxygens (including phenoxy) is 1. The van der Waals surface area contributed by atoms with Gasteiger partial charge in [-0.2, -0.15) is 0 Å². The number of primary amides is 2. The molecule has 0 aliphatic carbocycles. The van der Waals surface area contributed by atoms with Crippen LogP contribution in [0, 0.1) is 0 Å². The lowest BCUT2D eigenvalue weighted by Crippen LogP contribution is -2.21. The van der Waals surface area contributed by atoms with Gasteiger partial charge in [-0.1, -0.05) is 12.1 Å². The van der Waals surface area contributed by atoms with Crippen LogP contribution in [0.3, 0.4) is 0 Å². The van der Waals surface area contributed by atoms with Crippen molar-refractivity contribution in [2.45, 2.75) is 6.42 Å². The minimum atomic E-state index is -0.746. The Morgan fingerprint density at radius 1 is 1.24 bits per heavy atom. The number of nitrogens with two attached hydrogens (primary N) is 2. The molecule has 0 atom stereocenters. The quantitative estimate of drug-likeness (QED) is 0.626. The van der Waals surface area contributed by atoms with Crippen molar-refractivity contribution in [1.82, 2.24) is 4.90 Å². The van der Waals surface area contributed by atoms with E-state index in [2.05, 4.69) is 10.2 Å². The monoisotopic (exact) mass is 362 g/mol.